The van der Waals surface area contributed by atoms with Crippen LogP contribution in [0, 0.1) is 0 Å². The van der Waals surface area contributed by atoms with E-state index in [1.165, 1.54) is 16.7 Å². The fourth-order valence-electron chi connectivity index (χ4n) is 2.11. The van der Waals surface area contributed by atoms with Crippen molar-refractivity contribution in [2.45, 2.75) is 23.1 Å². The summed E-state index contributed by atoms with van der Waals surface area (Å²) >= 11 is 13.3. The van der Waals surface area contributed by atoms with Gasteiger partial charge in [0.1, 0.15) is 0 Å². The van der Waals surface area contributed by atoms with Gasteiger partial charge < -0.3 is 14.7 Å². The molecule has 2 unspecified atom stereocenters. The molecule has 1 aliphatic heterocycles. The molecule has 0 aromatic heterocycles. The van der Waals surface area contributed by atoms with Gasteiger partial charge in [0.25, 0.3) is 0 Å². The quantitative estimate of drug-likeness (QED) is 0.833. The van der Waals surface area contributed by atoms with Gasteiger partial charge in [-0.2, -0.15) is 0 Å². The lowest BCUT2D eigenvalue weighted by molar-refractivity contribution is -0.157. The first kappa shape index (κ1) is 17.4. The molecule has 1 saturated heterocycles. The fraction of sp³-hybridized carbons (Fsp3) is 0.429. The maximum atomic E-state index is 12.5. The Labute approximate surface area is 142 Å². The summed E-state index contributed by atoms with van der Waals surface area (Å²) < 4.78 is 5.14. The fourth-order valence-corrected chi connectivity index (χ4v) is 3.59. The lowest BCUT2D eigenvalue weighted by atomic mass is 10.2. The molecular formula is C14H15Cl2NO4S. The second-order valence-electron chi connectivity index (χ2n) is 4.80. The van der Waals surface area contributed by atoms with Crippen molar-refractivity contribution in [1.29, 1.82) is 0 Å². The molecule has 2 atom stereocenters. The van der Waals surface area contributed by atoms with E-state index in [-0.39, 0.29) is 19.1 Å². The van der Waals surface area contributed by atoms with Crippen LogP contribution in [0.3, 0.4) is 0 Å². The van der Waals surface area contributed by atoms with Crippen molar-refractivity contribution < 1.29 is 19.4 Å². The van der Waals surface area contributed by atoms with Crippen molar-refractivity contribution in [3.05, 3.63) is 28.2 Å². The number of hydrogen-bond acceptors (Lipinski definition) is 4. The third kappa shape index (κ3) is 4.07. The first-order valence-electron chi connectivity index (χ1n) is 6.63. The molecule has 22 heavy (non-hydrogen) atoms. The minimum atomic E-state index is -1.06. The van der Waals surface area contributed by atoms with Crippen LogP contribution in [0.15, 0.2) is 23.1 Å². The number of carbonyl (C=O) groups excluding carboxylic acids is 1. The van der Waals surface area contributed by atoms with Crippen LogP contribution in [-0.4, -0.2) is 52.9 Å². The average Bonchev–Trinajstić information content (AvgIpc) is 2.50. The van der Waals surface area contributed by atoms with E-state index in [4.69, 9.17) is 27.9 Å². The number of carbonyl (C=O) groups is 2. The standard InChI is InChI=1S/C14H15Cl2NO4S/c1-8(22-12-6-9(15)2-3-10(12)16)13(18)17-4-5-21-7-11(17)14(19)20/h2-3,6,8,11H,4-5,7H2,1H3,(H,19,20). The summed E-state index contributed by atoms with van der Waals surface area (Å²) in [6.45, 7) is 2.34. The van der Waals surface area contributed by atoms with Crippen LogP contribution >= 0.6 is 35.0 Å². The number of halogens is 2. The Morgan fingerprint density at radius 2 is 2.18 bits per heavy atom. The number of amides is 1. The number of benzene rings is 1. The summed E-state index contributed by atoms with van der Waals surface area (Å²) in [5.41, 5.74) is 0. The zero-order valence-electron chi connectivity index (χ0n) is 11.8. The first-order valence-corrected chi connectivity index (χ1v) is 8.26. The SMILES string of the molecule is CC(Sc1cc(Cl)ccc1Cl)C(=O)N1CCOCC1C(=O)O. The average molecular weight is 364 g/mol. The van der Waals surface area contributed by atoms with Gasteiger partial charge in [-0.15, -0.1) is 11.8 Å². The largest absolute Gasteiger partial charge is 0.480 e. The highest BCUT2D eigenvalue weighted by Gasteiger charge is 2.35. The van der Waals surface area contributed by atoms with Crippen molar-refractivity contribution in [2.24, 2.45) is 0 Å². The maximum Gasteiger partial charge on any atom is 0.328 e. The molecule has 0 spiro atoms. The third-order valence-corrected chi connectivity index (χ3v) is 5.06. The predicted molar refractivity (Wildman–Crippen MR) is 85.7 cm³/mol. The van der Waals surface area contributed by atoms with E-state index in [9.17, 15) is 14.7 Å². The number of hydrogen-bond donors (Lipinski definition) is 1. The summed E-state index contributed by atoms with van der Waals surface area (Å²) in [5.74, 6) is -1.32. The molecule has 0 radical (unpaired) electrons. The van der Waals surface area contributed by atoms with E-state index >= 15 is 0 Å². The molecule has 1 aromatic rings. The van der Waals surface area contributed by atoms with Crippen molar-refractivity contribution in [1.82, 2.24) is 4.90 Å². The molecular weight excluding hydrogens is 349 g/mol. The van der Waals surface area contributed by atoms with Gasteiger partial charge in [-0.05, 0) is 25.1 Å². The van der Waals surface area contributed by atoms with Crippen LogP contribution in [0.25, 0.3) is 0 Å². The minimum absolute atomic E-state index is 0.0103. The zero-order valence-corrected chi connectivity index (χ0v) is 14.1. The molecule has 0 aliphatic carbocycles. The lowest BCUT2D eigenvalue weighted by Crippen LogP contribution is -2.54. The predicted octanol–water partition coefficient (Wildman–Crippen LogP) is 2.79. The zero-order chi connectivity index (χ0) is 16.3. The van der Waals surface area contributed by atoms with Gasteiger partial charge in [0, 0.05) is 16.5 Å². The Balaban J connectivity index is 2.10. The Hall–Kier alpha value is -0.950. The molecule has 1 fully saturated rings. The maximum absolute atomic E-state index is 12.5. The number of carboxylic acid groups (broad SMARTS) is 1. The van der Waals surface area contributed by atoms with E-state index < -0.39 is 17.3 Å². The van der Waals surface area contributed by atoms with Crippen LogP contribution in [0.2, 0.25) is 10.0 Å². The van der Waals surface area contributed by atoms with Crippen LogP contribution in [-0.2, 0) is 14.3 Å². The lowest BCUT2D eigenvalue weighted by Gasteiger charge is -2.34. The van der Waals surface area contributed by atoms with Crippen LogP contribution in [0.4, 0.5) is 0 Å². The highest BCUT2D eigenvalue weighted by Crippen LogP contribution is 2.33. The van der Waals surface area contributed by atoms with Crippen LogP contribution in [0.5, 0.6) is 0 Å². The molecule has 2 rings (SSSR count). The summed E-state index contributed by atoms with van der Waals surface area (Å²) in [5, 5.41) is 9.75. The number of aliphatic carboxylic acids is 1. The molecule has 1 amide bonds. The van der Waals surface area contributed by atoms with E-state index in [1.54, 1.807) is 25.1 Å². The number of nitrogens with zero attached hydrogens (tertiary/aromatic N) is 1. The summed E-state index contributed by atoms with van der Waals surface area (Å²) in [4.78, 5) is 25.8. The smallest absolute Gasteiger partial charge is 0.328 e. The number of rotatable bonds is 4. The van der Waals surface area contributed by atoms with Crippen molar-refractivity contribution in [3.8, 4) is 0 Å². The Bertz CT molecular complexity index is 584. The molecule has 1 heterocycles. The highest BCUT2D eigenvalue weighted by molar-refractivity contribution is 8.00. The van der Waals surface area contributed by atoms with Gasteiger partial charge >= 0.3 is 5.97 Å². The van der Waals surface area contributed by atoms with E-state index in [1.807, 2.05) is 0 Å². The summed E-state index contributed by atoms with van der Waals surface area (Å²) in [6.07, 6.45) is 0. The number of carboxylic acids is 1. The Morgan fingerprint density at radius 1 is 1.45 bits per heavy atom. The van der Waals surface area contributed by atoms with Crippen molar-refractivity contribution >= 4 is 46.8 Å². The number of morpholine rings is 1. The molecule has 8 heteroatoms. The van der Waals surface area contributed by atoms with Crippen LogP contribution in [0.1, 0.15) is 6.92 Å². The number of ether oxygens (including phenoxy) is 1. The molecule has 1 N–H and O–H groups in total. The minimum Gasteiger partial charge on any atom is -0.480 e. The molecule has 0 saturated carbocycles. The Kier molecular flexibility index (Phi) is 5.97. The normalized spacial score (nSPS) is 19.8. The second-order valence-corrected chi connectivity index (χ2v) is 7.02. The van der Waals surface area contributed by atoms with Gasteiger partial charge in [-0.25, -0.2) is 4.79 Å². The second kappa shape index (κ2) is 7.55. The third-order valence-electron chi connectivity index (χ3n) is 3.24. The molecule has 5 nitrogen and oxygen atoms in total. The van der Waals surface area contributed by atoms with Crippen molar-refractivity contribution in [2.75, 3.05) is 19.8 Å². The topological polar surface area (TPSA) is 66.8 Å². The van der Waals surface area contributed by atoms with Gasteiger partial charge in [0.15, 0.2) is 6.04 Å². The van der Waals surface area contributed by atoms with Gasteiger partial charge in [-0.3, -0.25) is 4.79 Å². The first-order chi connectivity index (χ1) is 10.4. The van der Waals surface area contributed by atoms with Gasteiger partial charge in [0.05, 0.1) is 23.5 Å². The van der Waals surface area contributed by atoms with E-state index in [0.717, 1.165) is 0 Å². The van der Waals surface area contributed by atoms with Gasteiger partial charge in [-0.1, -0.05) is 23.2 Å². The monoisotopic (exact) mass is 363 g/mol. The molecule has 1 aromatic carbocycles. The van der Waals surface area contributed by atoms with E-state index in [0.29, 0.717) is 21.5 Å². The van der Waals surface area contributed by atoms with Crippen molar-refractivity contribution in [3.63, 3.8) is 0 Å². The molecule has 0 bridgehead atoms. The Morgan fingerprint density at radius 3 is 2.86 bits per heavy atom. The van der Waals surface area contributed by atoms with E-state index in [2.05, 4.69) is 0 Å². The molecule has 1 aliphatic rings. The summed E-state index contributed by atoms with van der Waals surface area (Å²) in [7, 11) is 0. The number of thioether (sulfide) groups is 1. The van der Waals surface area contributed by atoms with Crippen LogP contribution < -0.4 is 0 Å². The van der Waals surface area contributed by atoms with Gasteiger partial charge in [0.2, 0.25) is 5.91 Å². The highest BCUT2D eigenvalue weighted by atomic mass is 35.5. The molecule has 120 valence electrons. The summed E-state index contributed by atoms with van der Waals surface area (Å²) in [6, 6.07) is 4.08.